The summed E-state index contributed by atoms with van der Waals surface area (Å²) in [5.41, 5.74) is 1.48. The van der Waals surface area contributed by atoms with Gasteiger partial charge in [-0.25, -0.2) is 9.69 Å². The van der Waals surface area contributed by atoms with Crippen LogP contribution >= 0.6 is 0 Å². The van der Waals surface area contributed by atoms with E-state index in [2.05, 4.69) is 11.9 Å². The van der Waals surface area contributed by atoms with Gasteiger partial charge in [0.15, 0.2) is 6.23 Å². The second kappa shape index (κ2) is 12.2. The van der Waals surface area contributed by atoms with Gasteiger partial charge in [-0.15, -0.1) is 0 Å². The molecule has 1 fully saturated rings. The smallest absolute Gasteiger partial charge is 0.327 e. The molecule has 0 spiro atoms. The van der Waals surface area contributed by atoms with Crippen molar-refractivity contribution in [2.75, 3.05) is 6.61 Å². The third-order valence-corrected chi connectivity index (χ3v) is 7.49. The van der Waals surface area contributed by atoms with E-state index in [9.17, 15) is 14.4 Å². The van der Waals surface area contributed by atoms with Crippen LogP contribution in [-0.2, 0) is 20.7 Å². The summed E-state index contributed by atoms with van der Waals surface area (Å²) in [6.07, 6.45) is 4.88. The van der Waals surface area contributed by atoms with Crippen molar-refractivity contribution in [2.45, 2.75) is 65.1 Å². The zero-order valence-electron chi connectivity index (χ0n) is 22.8. The Labute approximate surface area is 228 Å². The van der Waals surface area contributed by atoms with Crippen LogP contribution in [0, 0.1) is 5.41 Å². The topological polar surface area (TPSA) is 98.1 Å². The third-order valence-electron chi connectivity index (χ3n) is 7.49. The number of hydrogen-bond donors (Lipinski definition) is 1. The van der Waals surface area contributed by atoms with Crippen molar-refractivity contribution >= 4 is 28.9 Å². The van der Waals surface area contributed by atoms with Crippen molar-refractivity contribution in [3.05, 3.63) is 78.6 Å². The van der Waals surface area contributed by atoms with E-state index in [4.69, 9.17) is 13.9 Å². The highest BCUT2D eigenvalue weighted by Crippen LogP contribution is 2.46. The number of para-hydroxylation sites is 1. The van der Waals surface area contributed by atoms with Crippen LogP contribution in [0.4, 0.5) is 4.79 Å². The number of nitrogens with one attached hydrogen (secondary N) is 1. The number of hydrogen-bond acceptors (Lipinski definition) is 6. The van der Waals surface area contributed by atoms with Crippen LogP contribution in [0.5, 0.6) is 5.75 Å². The Morgan fingerprint density at radius 2 is 1.92 bits per heavy atom. The van der Waals surface area contributed by atoms with E-state index in [0.717, 1.165) is 23.0 Å². The number of urea groups is 1. The van der Waals surface area contributed by atoms with Gasteiger partial charge in [-0.05, 0) is 49.1 Å². The molecular formula is C31H36N2O6. The maximum absolute atomic E-state index is 13.6. The number of carbonyl (C=O) groups is 3. The van der Waals surface area contributed by atoms with E-state index in [1.54, 1.807) is 30.5 Å². The summed E-state index contributed by atoms with van der Waals surface area (Å²) >= 11 is 0. The molecule has 1 N–H and O–H groups in total. The Balaban J connectivity index is 1.58. The number of furan rings is 1. The van der Waals surface area contributed by atoms with E-state index in [1.807, 2.05) is 45.0 Å². The summed E-state index contributed by atoms with van der Waals surface area (Å²) in [6.45, 7) is 9.57. The molecule has 4 rings (SSSR count). The summed E-state index contributed by atoms with van der Waals surface area (Å²) < 4.78 is 17.0. The van der Waals surface area contributed by atoms with Gasteiger partial charge in [-0.1, -0.05) is 64.1 Å². The highest BCUT2D eigenvalue weighted by Gasteiger charge is 2.63. The quantitative estimate of drug-likeness (QED) is 0.167. The minimum atomic E-state index is -0.843. The minimum absolute atomic E-state index is 0.00279. The molecule has 1 aliphatic heterocycles. The lowest BCUT2D eigenvalue weighted by Gasteiger charge is -2.53. The average Bonchev–Trinajstić information content (AvgIpc) is 3.41. The summed E-state index contributed by atoms with van der Waals surface area (Å²) in [5, 5.41) is 4.01. The van der Waals surface area contributed by atoms with Gasteiger partial charge >= 0.3 is 12.0 Å². The number of likely N-dealkylation sites (tertiary alicyclic amines) is 1. The van der Waals surface area contributed by atoms with E-state index in [-0.39, 0.29) is 25.0 Å². The van der Waals surface area contributed by atoms with Crippen molar-refractivity contribution in [2.24, 2.45) is 5.41 Å². The number of imide groups is 1. The van der Waals surface area contributed by atoms with Gasteiger partial charge in [0.2, 0.25) is 5.91 Å². The number of amides is 3. The lowest BCUT2D eigenvalue weighted by Crippen LogP contribution is -2.73. The second-order valence-corrected chi connectivity index (χ2v) is 9.77. The van der Waals surface area contributed by atoms with Gasteiger partial charge in [0, 0.05) is 10.9 Å². The molecule has 0 radical (unpaired) electrons. The van der Waals surface area contributed by atoms with Gasteiger partial charge in [0.1, 0.15) is 23.4 Å². The first kappa shape index (κ1) is 28.0. The van der Waals surface area contributed by atoms with Gasteiger partial charge in [0.25, 0.3) is 0 Å². The SMILES string of the molecule is C=CCOC(=O)Cc1ccccc1O[C@@H]1N(C(=O)N[C@H](CCC)c2ccc3occc3c2)C(=O)C1(CC)CC. The first-order valence-corrected chi connectivity index (χ1v) is 13.5. The molecule has 0 bridgehead atoms. The normalized spacial score (nSPS) is 16.8. The third kappa shape index (κ3) is 5.55. The second-order valence-electron chi connectivity index (χ2n) is 9.77. The molecule has 2 atom stereocenters. The molecule has 1 aliphatic rings. The van der Waals surface area contributed by atoms with Crippen LogP contribution in [0.15, 0.2) is 71.9 Å². The number of fused-ring (bicyclic) bond motifs is 1. The summed E-state index contributed by atoms with van der Waals surface area (Å²) in [4.78, 5) is 40.6. The fraction of sp³-hybridized carbons (Fsp3) is 0.387. The highest BCUT2D eigenvalue weighted by molar-refractivity contribution is 6.03. The van der Waals surface area contributed by atoms with Crippen molar-refractivity contribution in [1.82, 2.24) is 10.2 Å². The van der Waals surface area contributed by atoms with Crippen LogP contribution in [0.1, 0.15) is 63.6 Å². The Morgan fingerprint density at radius 1 is 1.15 bits per heavy atom. The summed E-state index contributed by atoms with van der Waals surface area (Å²) in [5.74, 6) is -0.247. The molecule has 1 saturated heterocycles. The molecular weight excluding hydrogens is 496 g/mol. The van der Waals surface area contributed by atoms with Crippen molar-refractivity contribution < 1.29 is 28.3 Å². The molecule has 0 saturated carbocycles. The lowest BCUT2D eigenvalue weighted by atomic mass is 9.72. The van der Waals surface area contributed by atoms with Crippen molar-refractivity contribution in [3.63, 3.8) is 0 Å². The molecule has 2 aromatic carbocycles. The lowest BCUT2D eigenvalue weighted by molar-refractivity contribution is -0.191. The summed E-state index contributed by atoms with van der Waals surface area (Å²) in [6, 6.07) is 14.0. The number of β-lactam (4-membered cyclic amide) rings is 1. The van der Waals surface area contributed by atoms with Crippen LogP contribution in [0.25, 0.3) is 11.0 Å². The van der Waals surface area contributed by atoms with Crippen LogP contribution in [-0.4, -0.2) is 35.6 Å². The Bertz CT molecular complexity index is 1340. The molecule has 3 amide bonds. The zero-order valence-corrected chi connectivity index (χ0v) is 22.8. The summed E-state index contributed by atoms with van der Waals surface area (Å²) in [7, 11) is 0. The number of benzene rings is 2. The molecule has 8 heteroatoms. The van der Waals surface area contributed by atoms with Gasteiger partial charge in [-0.2, -0.15) is 0 Å². The number of rotatable bonds is 12. The van der Waals surface area contributed by atoms with E-state index in [0.29, 0.717) is 30.6 Å². The van der Waals surface area contributed by atoms with Crippen molar-refractivity contribution in [3.8, 4) is 5.75 Å². The fourth-order valence-electron chi connectivity index (χ4n) is 5.17. The van der Waals surface area contributed by atoms with Gasteiger partial charge < -0.3 is 19.2 Å². The molecule has 2 heterocycles. The van der Waals surface area contributed by atoms with Gasteiger partial charge in [0.05, 0.1) is 18.7 Å². The fourth-order valence-corrected chi connectivity index (χ4v) is 5.17. The first-order valence-electron chi connectivity index (χ1n) is 13.5. The Morgan fingerprint density at radius 3 is 2.64 bits per heavy atom. The number of nitrogens with zero attached hydrogens (tertiary/aromatic N) is 1. The maximum Gasteiger partial charge on any atom is 0.327 e. The minimum Gasteiger partial charge on any atom is -0.468 e. The number of esters is 1. The average molecular weight is 533 g/mol. The van der Waals surface area contributed by atoms with Crippen LogP contribution < -0.4 is 10.1 Å². The van der Waals surface area contributed by atoms with E-state index >= 15 is 0 Å². The molecule has 0 aliphatic carbocycles. The van der Waals surface area contributed by atoms with Crippen LogP contribution in [0.3, 0.4) is 0 Å². The monoisotopic (exact) mass is 532 g/mol. The maximum atomic E-state index is 13.6. The first-order chi connectivity index (χ1) is 18.9. The number of carbonyl (C=O) groups excluding carboxylic acids is 3. The molecule has 39 heavy (non-hydrogen) atoms. The molecule has 206 valence electrons. The molecule has 0 unspecified atom stereocenters. The molecule has 8 nitrogen and oxygen atoms in total. The number of ether oxygens (including phenoxy) is 2. The van der Waals surface area contributed by atoms with Gasteiger partial charge in [-0.3, -0.25) is 9.59 Å². The van der Waals surface area contributed by atoms with Crippen molar-refractivity contribution in [1.29, 1.82) is 0 Å². The largest absolute Gasteiger partial charge is 0.468 e. The Kier molecular flexibility index (Phi) is 8.74. The Hall–Kier alpha value is -4.07. The predicted molar refractivity (Wildman–Crippen MR) is 148 cm³/mol. The van der Waals surface area contributed by atoms with E-state index < -0.39 is 23.6 Å². The predicted octanol–water partition coefficient (Wildman–Crippen LogP) is 6.31. The molecule has 3 aromatic rings. The van der Waals surface area contributed by atoms with Crippen LogP contribution in [0.2, 0.25) is 0 Å². The molecule has 1 aromatic heterocycles. The standard InChI is InChI=1S/C31H36N2O6/c1-5-11-24(21-14-15-25-23(19-21)16-18-37-25)32-30(36)33-28(35)31(7-3,8-4)29(33)39-26-13-10-9-12-22(26)20-27(34)38-17-6-2/h6,9-10,12-16,18-19,24,29H,2,5,7-8,11,17,20H2,1,3-4H3,(H,32,36)/t24-,29+/m1/s1. The zero-order chi connectivity index (χ0) is 28.0. The van der Waals surface area contributed by atoms with E-state index in [1.165, 1.54) is 11.0 Å². The highest BCUT2D eigenvalue weighted by atomic mass is 16.5.